The number of hydrogen-bond acceptors (Lipinski definition) is 7. The van der Waals surface area contributed by atoms with Crippen molar-refractivity contribution in [3.63, 3.8) is 0 Å². The summed E-state index contributed by atoms with van der Waals surface area (Å²) in [5.74, 6) is 1.09. The Hall–Kier alpha value is -0.800. The molecule has 0 amide bonds. The van der Waals surface area contributed by atoms with Gasteiger partial charge in [0, 0.05) is 21.6 Å². The summed E-state index contributed by atoms with van der Waals surface area (Å²) < 4.78 is 0. The van der Waals surface area contributed by atoms with Gasteiger partial charge in [0.25, 0.3) is 0 Å². The molecule has 1 aromatic heterocycles. The number of fused-ring (bicyclic) bond motifs is 1. The third kappa shape index (κ3) is 9.40. The fraction of sp³-hybridized carbons (Fsp3) is 0.833. The third-order valence-corrected chi connectivity index (χ3v) is 10.6. The lowest BCUT2D eigenvalue weighted by Gasteiger charge is -2.18. The van der Waals surface area contributed by atoms with Gasteiger partial charge in [0.2, 0.25) is 0 Å². The van der Waals surface area contributed by atoms with Gasteiger partial charge in [0.15, 0.2) is 0 Å². The van der Waals surface area contributed by atoms with Crippen LogP contribution in [-0.2, 0) is 4.87 Å². The van der Waals surface area contributed by atoms with Crippen molar-refractivity contribution in [1.82, 2.24) is 0 Å². The summed E-state index contributed by atoms with van der Waals surface area (Å²) in [7, 11) is 0. The quantitative estimate of drug-likeness (QED) is 0.0743. The Morgan fingerprint density at radius 3 is 1.79 bits per heavy atom. The largest absolute Gasteiger partial charge is 0.325 e. The van der Waals surface area contributed by atoms with Crippen molar-refractivity contribution in [3.05, 3.63) is 31.2 Å². The molecule has 0 fully saturated rings. The van der Waals surface area contributed by atoms with Crippen molar-refractivity contribution in [2.24, 2.45) is 0 Å². The highest BCUT2D eigenvalue weighted by Crippen LogP contribution is 2.55. The van der Waals surface area contributed by atoms with Crippen LogP contribution < -0.4 is 0 Å². The monoisotopic (exact) mass is 516 g/mol. The van der Waals surface area contributed by atoms with Crippen molar-refractivity contribution in [2.75, 3.05) is 11.5 Å². The molecular weight excluding hydrogens is 476 g/mol. The predicted molar refractivity (Wildman–Crippen MR) is 142 cm³/mol. The summed E-state index contributed by atoms with van der Waals surface area (Å²) in [6.45, 7) is 2.27. The Balaban J connectivity index is 1.48. The van der Waals surface area contributed by atoms with Crippen LogP contribution in [0, 0.1) is 20.2 Å². The maximum atomic E-state index is 11.9. The van der Waals surface area contributed by atoms with Crippen molar-refractivity contribution in [1.29, 1.82) is 0 Å². The van der Waals surface area contributed by atoms with Crippen LogP contribution in [0.1, 0.15) is 115 Å². The van der Waals surface area contributed by atoms with Crippen LogP contribution in [0.25, 0.3) is 0 Å². The van der Waals surface area contributed by atoms with E-state index in [4.69, 9.17) is 0 Å². The SMILES string of the molecule is CCCCCCCCCCCCCCCCCCSC1([N+](=O)[O-])CSc2cc([N+](=O)[O-])sc21. The van der Waals surface area contributed by atoms with Gasteiger partial charge in [-0.1, -0.05) is 126 Å². The van der Waals surface area contributed by atoms with E-state index in [-0.39, 0.29) is 9.92 Å². The summed E-state index contributed by atoms with van der Waals surface area (Å²) in [6, 6.07) is 1.49. The van der Waals surface area contributed by atoms with Gasteiger partial charge in [0.05, 0.1) is 10.7 Å². The Morgan fingerprint density at radius 2 is 1.33 bits per heavy atom. The molecule has 1 atom stereocenters. The molecule has 0 radical (unpaired) electrons. The molecule has 0 aromatic carbocycles. The van der Waals surface area contributed by atoms with E-state index >= 15 is 0 Å². The van der Waals surface area contributed by atoms with E-state index in [9.17, 15) is 20.2 Å². The van der Waals surface area contributed by atoms with Gasteiger partial charge >= 0.3 is 9.87 Å². The van der Waals surface area contributed by atoms with Gasteiger partial charge in [-0.3, -0.25) is 20.2 Å². The number of unbranched alkanes of at least 4 members (excludes halogenated alkanes) is 15. The fourth-order valence-electron chi connectivity index (χ4n) is 4.26. The zero-order valence-electron chi connectivity index (χ0n) is 20.1. The van der Waals surface area contributed by atoms with E-state index in [1.165, 1.54) is 119 Å². The Morgan fingerprint density at radius 1 is 0.848 bits per heavy atom. The molecule has 2 heterocycles. The van der Waals surface area contributed by atoms with Gasteiger partial charge in [-0.05, 0) is 6.42 Å². The van der Waals surface area contributed by atoms with E-state index < -0.39 is 9.79 Å². The van der Waals surface area contributed by atoms with Crippen LogP contribution in [0.15, 0.2) is 11.0 Å². The van der Waals surface area contributed by atoms with E-state index in [1.807, 2.05) is 0 Å². The number of thiophene rings is 1. The minimum atomic E-state index is -1.21. The van der Waals surface area contributed by atoms with Crippen molar-refractivity contribution >= 4 is 39.9 Å². The van der Waals surface area contributed by atoms with Gasteiger partial charge in [-0.15, -0.1) is 11.8 Å². The standard InChI is InChI=1S/C24H40N2O4S3/c1-2-3-4-5-6-7-8-9-10-11-12-13-14-15-16-17-18-32-24(26(29)30)20-31-21-19-22(25(27)28)33-23(21)24/h19H,2-18,20H2,1H3. The summed E-state index contributed by atoms with van der Waals surface area (Å²) >= 11 is 3.71. The summed E-state index contributed by atoms with van der Waals surface area (Å²) in [5, 5.41) is 22.9. The van der Waals surface area contributed by atoms with E-state index in [1.54, 1.807) is 0 Å². The lowest BCUT2D eigenvalue weighted by Crippen LogP contribution is -2.31. The molecule has 0 bridgehead atoms. The van der Waals surface area contributed by atoms with Gasteiger partial charge in [0.1, 0.15) is 4.88 Å². The first kappa shape index (κ1) is 28.4. The first-order valence-corrected chi connectivity index (χ1v) is 15.5. The second kappa shape index (κ2) is 16.0. The molecule has 0 saturated carbocycles. The van der Waals surface area contributed by atoms with Crippen LogP contribution >= 0.6 is 34.9 Å². The minimum absolute atomic E-state index is 0.00133. The first-order chi connectivity index (χ1) is 16.0. The molecular formula is C24H40N2O4S3. The van der Waals surface area contributed by atoms with E-state index in [0.717, 1.165) is 29.9 Å². The number of rotatable bonds is 20. The second-order valence-corrected chi connectivity index (χ2v) is 12.4. The predicted octanol–water partition coefficient (Wildman–Crippen LogP) is 9.19. The highest BCUT2D eigenvalue weighted by Gasteiger charge is 2.54. The van der Waals surface area contributed by atoms with Crippen molar-refractivity contribution < 1.29 is 9.85 Å². The van der Waals surface area contributed by atoms with Crippen LogP contribution in [0.2, 0.25) is 0 Å². The molecule has 1 aromatic rings. The molecule has 0 saturated heterocycles. The van der Waals surface area contributed by atoms with Crippen LogP contribution in [-0.4, -0.2) is 21.4 Å². The van der Waals surface area contributed by atoms with Gasteiger partial charge in [-0.2, -0.15) is 0 Å². The average Bonchev–Trinajstić information content (AvgIpc) is 3.36. The zero-order valence-corrected chi connectivity index (χ0v) is 22.5. The number of thioether (sulfide) groups is 2. The lowest BCUT2D eigenvalue weighted by atomic mass is 10.0. The molecule has 0 spiro atoms. The molecule has 1 unspecified atom stereocenters. The Labute approximate surface area is 211 Å². The smallest absolute Gasteiger partial charge is 0.263 e. The second-order valence-electron chi connectivity index (χ2n) is 9.02. The maximum absolute atomic E-state index is 11.9. The zero-order chi connectivity index (χ0) is 23.9. The van der Waals surface area contributed by atoms with Gasteiger partial charge < -0.3 is 0 Å². The summed E-state index contributed by atoms with van der Waals surface area (Å²) in [6.07, 6.45) is 21.0. The molecule has 1 aliphatic heterocycles. The molecule has 9 heteroatoms. The highest BCUT2D eigenvalue weighted by atomic mass is 32.2. The normalized spacial score (nSPS) is 17.4. The molecule has 6 nitrogen and oxygen atoms in total. The van der Waals surface area contributed by atoms with Crippen LogP contribution in [0.3, 0.4) is 0 Å². The van der Waals surface area contributed by atoms with E-state index in [2.05, 4.69) is 6.92 Å². The maximum Gasteiger partial charge on any atom is 0.325 e. The minimum Gasteiger partial charge on any atom is -0.263 e. The first-order valence-electron chi connectivity index (χ1n) is 12.7. The molecule has 0 aliphatic carbocycles. The topological polar surface area (TPSA) is 86.3 Å². The summed E-state index contributed by atoms with van der Waals surface area (Å²) in [5.41, 5.74) is 0. The fourth-order valence-corrected chi connectivity index (χ4v) is 8.66. The summed E-state index contributed by atoms with van der Waals surface area (Å²) in [4.78, 5) is 22.3. The van der Waals surface area contributed by atoms with E-state index in [0.29, 0.717) is 15.5 Å². The molecule has 33 heavy (non-hydrogen) atoms. The molecule has 0 N–H and O–H groups in total. The lowest BCUT2D eigenvalue weighted by molar-refractivity contribution is -0.538. The van der Waals surface area contributed by atoms with Gasteiger partial charge in [-0.25, -0.2) is 0 Å². The number of hydrogen-bond donors (Lipinski definition) is 0. The third-order valence-electron chi connectivity index (χ3n) is 6.28. The molecule has 1 aliphatic rings. The average molecular weight is 517 g/mol. The van der Waals surface area contributed by atoms with Crippen LogP contribution in [0.5, 0.6) is 0 Å². The van der Waals surface area contributed by atoms with Crippen molar-refractivity contribution in [3.8, 4) is 0 Å². The molecule has 2 rings (SSSR count). The Bertz CT molecular complexity index is 729. The Kier molecular flexibility index (Phi) is 13.8. The highest BCUT2D eigenvalue weighted by molar-refractivity contribution is 8.04. The van der Waals surface area contributed by atoms with Crippen LogP contribution in [0.4, 0.5) is 5.00 Å². The van der Waals surface area contributed by atoms with Crippen molar-refractivity contribution in [2.45, 2.75) is 119 Å². The number of nitro groups is 2. The molecule has 188 valence electrons. The number of nitrogens with zero attached hydrogens (tertiary/aromatic N) is 2.